The number of hydrogen-bond donors (Lipinski definition) is 1. The molecular formula is C16H19N3O2. The van der Waals surface area contributed by atoms with Crippen molar-refractivity contribution in [1.29, 1.82) is 0 Å². The molecule has 1 heterocycles. The van der Waals surface area contributed by atoms with Gasteiger partial charge in [0, 0.05) is 23.9 Å². The normalized spacial score (nSPS) is 10.6. The summed E-state index contributed by atoms with van der Waals surface area (Å²) >= 11 is 0. The molecule has 2 aromatic rings. The van der Waals surface area contributed by atoms with Crippen LogP contribution in [0.25, 0.3) is 11.1 Å². The standard InChI is InChI=1S/C16H19N3O2/c1-3-14(4-2)18-16-15(19(20)21)10-13(11-17-16)12-8-6-5-7-9-12/h5-11,14H,3-4H2,1-2H3,(H,17,18). The van der Waals surface area contributed by atoms with Crippen LogP contribution in [0.1, 0.15) is 26.7 Å². The number of nitrogens with one attached hydrogen (secondary N) is 1. The Morgan fingerprint density at radius 2 is 1.86 bits per heavy atom. The van der Waals surface area contributed by atoms with Crippen LogP contribution in [0.15, 0.2) is 42.6 Å². The second kappa shape index (κ2) is 6.83. The summed E-state index contributed by atoms with van der Waals surface area (Å²) < 4.78 is 0. The van der Waals surface area contributed by atoms with Crippen molar-refractivity contribution in [3.8, 4) is 11.1 Å². The van der Waals surface area contributed by atoms with Crippen molar-refractivity contribution in [3.05, 3.63) is 52.7 Å². The number of nitrogens with zero attached hydrogens (tertiary/aromatic N) is 2. The van der Waals surface area contributed by atoms with Gasteiger partial charge in [0.05, 0.1) is 4.92 Å². The van der Waals surface area contributed by atoms with Crippen LogP contribution in [0.5, 0.6) is 0 Å². The highest BCUT2D eigenvalue weighted by Crippen LogP contribution is 2.29. The molecule has 1 aromatic heterocycles. The molecule has 110 valence electrons. The lowest BCUT2D eigenvalue weighted by atomic mass is 10.1. The first-order valence-corrected chi connectivity index (χ1v) is 7.12. The molecule has 0 bridgehead atoms. The lowest BCUT2D eigenvalue weighted by molar-refractivity contribution is -0.384. The largest absolute Gasteiger partial charge is 0.362 e. The number of aromatic nitrogens is 1. The smallest absolute Gasteiger partial charge is 0.311 e. The molecule has 0 saturated heterocycles. The third-order valence-electron chi connectivity index (χ3n) is 3.50. The lowest BCUT2D eigenvalue weighted by Gasteiger charge is -2.15. The van der Waals surface area contributed by atoms with Gasteiger partial charge in [0.25, 0.3) is 0 Å². The molecular weight excluding hydrogens is 266 g/mol. The van der Waals surface area contributed by atoms with Crippen LogP contribution in [0, 0.1) is 10.1 Å². The minimum Gasteiger partial charge on any atom is -0.362 e. The summed E-state index contributed by atoms with van der Waals surface area (Å²) in [5.41, 5.74) is 1.68. The van der Waals surface area contributed by atoms with Crippen LogP contribution < -0.4 is 5.32 Å². The molecule has 2 rings (SSSR count). The molecule has 21 heavy (non-hydrogen) atoms. The molecule has 0 aliphatic heterocycles. The third kappa shape index (κ3) is 3.56. The Morgan fingerprint density at radius 3 is 2.43 bits per heavy atom. The summed E-state index contributed by atoms with van der Waals surface area (Å²) in [5.74, 6) is 0.341. The molecule has 0 aliphatic carbocycles. The lowest BCUT2D eigenvalue weighted by Crippen LogP contribution is -2.18. The number of hydrogen-bond acceptors (Lipinski definition) is 4. The van der Waals surface area contributed by atoms with Gasteiger partial charge >= 0.3 is 5.69 Å². The highest BCUT2D eigenvalue weighted by atomic mass is 16.6. The van der Waals surface area contributed by atoms with Crippen molar-refractivity contribution in [2.24, 2.45) is 0 Å². The van der Waals surface area contributed by atoms with Gasteiger partial charge in [0.1, 0.15) is 0 Å². The average Bonchev–Trinajstić information content (AvgIpc) is 2.53. The van der Waals surface area contributed by atoms with E-state index in [-0.39, 0.29) is 16.7 Å². The maximum atomic E-state index is 11.3. The quantitative estimate of drug-likeness (QED) is 0.636. The Kier molecular flexibility index (Phi) is 4.87. The second-order valence-corrected chi connectivity index (χ2v) is 4.87. The summed E-state index contributed by atoms with van der Waals surface area (Å²) in [6.07, 6.45) is 3.47. The zero-order valence-corrected chi connectivity index (χ0v) is 12.2. The van der Waals surface area contributed by atoms with E-state index in [1.54, 1.807) is 12.3 Å². The average molecular weight is 285 g/mol. The van der Waals surface area contributed by atoms with Gasteiger partial charge in [-0.3, -0.25) is 10.1 Å². The Hall–Kier alpha value is -2.43. The minimum absolute atomic E-state index is 0.0169. The summed E-state index contributed by atoms with van der Waals surface area (Å²) in [5, 5.41) is 14.4. The molecule has 0 radical (unpaired) electrons. The Morgan fingerprint density at radius 1 is 1.19 bits per heavy atom. The van der Waals surface area contributed by atoms with E-state index in [1.165, 1.54) is 0 Å². The predicted octanol–water partition coefficient (Wildman–Crippen LogP) is 4.26. The monoisotopic (exact) mass is 285 g/mol. The van der Waals surface area contributed by atoms with E-state index in [0.717, 1.165) is 24.0 Å². The zero-order chi connectivity index (χ0) is 15.2. The summed E-state index contributed by atoms with van der Waals surface area (Å²) in [6.45, 7) is 4.09. The van der Waals surface area contributed by atoms with E-state index >= 15 is 0 Å². The zero-order valence-electron chi connectivity index (χ0n) is 12.2. The van der Waals surface area contributed by atoms with E-state index < -0.39 is 0 Å². The molecule has 0 atom stereocenters. The van der Waals surface area contributed by atoms with E-state index in [4.69, 9.17) is 0 Å². The molecule has 0 saturated carbocycles. The molecule has 1 aromatic carbocycles. The van der Waals surface area contributed by atoms with Gasteiger partial charge in [0.15, 0.2) is 0 Å². The topological polar surface area (TPSA) is 68.1 Å². The maximum Gasteiger partial charge on any atom is 0.311 e. The first kappa shape index (κ1) is 15.0. The van der Waals surface area contributed by atoms with Gasteiger partial charge in [0.2, 0.25) is 5.82 Å². The summed E-state index contributed by atoms with van der Waals surface area (Å²) in [4.78, 5) is 15.2. The van der Waals surface area contributed by atoms with Crippen molar-refractivity contribution in [3.63, 3.8) is 0 Å². The fourth-order valence-corrected chi connectivity index (χ4v) is 2.18. The molecule has 0 aliphatic rings. The van der Waals surface area contributed by atoms with E-state index in [2.05, 4.69) is 10.3 Å². The van der Waals surface area contributed by atoms with Crippen LogP contribution in [-0.2, 0) is 0 Å². The molecule has 5 nitrogen and oxygen atoms in total. The van der Waals surface area contributed by atoms with Crippen LogP contribution >= 0.6 is 0 Å². The summed E-state index contributed by atoms with van der Waals surface area (Å²) in [7, 11) is 0. The first-order chi connectivity index (χ1) is 10.2. The van der Waals surface area contributed by atoms with Gasteiger partial charge in [-0.05, 0) is 18.4 Å². The number of rotatable bonds is 6. The molecule has 0 fully saturated rings. The minimum atomic E-state index is -0.385. The molecule has 0 spiro atoms. The van der Waals surface area contributed by atoms with Crippen molar-refractivity contribution in [2.45, 2.75) is 32.7 Å². The Balaban J connectivity index is 2.38. The fraction of sp³-hybridized carbons (Fsp3) is 0.312. The molecule has 5 heteroatoms. The Labute approximate surface area is 124 Å². The molecule has 1 N–H and O–H groups in total. The number of benzene rings is 1. The van der Waals surface area contributed by atoms with Crippen molar-refractivity contribution in [1.82, 2.24) is 4.98 Å². The predicted molar refractivity (Wildman–Crippen MR) is 84.3 cm³/mol. The summed E-state index contributed by atoms with van der Waals surface area (Å²) in [6, 6.07) is 11.3. The molecule has 0 amide bonds. The van der Waals surface area contributed by atoms with Crippen LogP contribution in [0.2, 0.25) is 0 Å². The van der Waals surface area contributed by atoms with Crippen molar-refractivity contribution in [2.75, 3.05) is 5.32 Å². The van der Waals surface area contributed by atoms with Crippen LogP contribution in [-0.4, -0.2) is 15.9 Å². The number of nitro groups is 1. The highest BCUT2D eigenvalue weighted by Gasteiger charge is 2.18. The van der Waals surface area contributed by atoms with Crippen molar-refractivity contribution < 1.29 is 4.92 Å². The van der Waals surface area contributed by atoms with E-state index in [0.29, 0.717) is 5.82 Å². The maximum absolute atomic E-state index is 11.3. The van der Waals surface area contributed by atoms with Crippen LogP contribution in [0.4, 0.5) is 11.5 Å². The van der Waals surface area contributed by atoms with E-state index in [1.807, 2.05) is 44.2 Å². The van der Waals surface area contributed by atoms with Gasteiger partial charge < -0.3 is 5.32 Å². The van der Waals surface area contributed by atoms with Gasteiger partial charge in [-0.15, -0.1) is 0 Å². The Bertz CT molecular complexity index is 610. The highest BCUT2D eigenvalue weighted by molar-refractivity contribution is 5.70. The first-order valence-electron chi connectivity index (χ1n) is 7.12. The molecule has 0 unspecified atom stereocenters. The van der Waals surface area contributed by atoms with Crippen LogP contribution in [0.3, 0.4) is 0 Å². The fourth-order valence-electron chi connectivity index (χ4n) is 2.18. The van der Waals surface area contributed by atoms with Crippen molar-refractivity contribution >= 4 is 11.5 Å². The third-order valence-corrected chi connectivity index (χ3v) is 3.50. The second-order valence-electron chi connectivity index (χ2n) is 4.87. The van der Waals surface area contributed by atoms with E-state index in [9.17, 15) is 10.1 Å². The SMILES string of the molecule is CCC(CC)Nc1ncc(-c2ccccc2)cc1[N+](=O)[O-]. The van der Waals surface area contributed by atoms with Gasteiger partial charge in [-0.1, -0.05) is 44.2 Å². The number of anilines is 1. The van der Waals surface area contributed by atoms with Gasteiger partial charge in [-0.25, -0.2) is 4.98 Å². The van der Waals surface area contributed by atoms with Gasteiger partial charge in [-0.2, -0.15) is 0 Å². The number of pyridine rings is 1.